The van der Waals surface area contributed by atoms with Crippen LogP contribution < -0.4 is 11.3 Å². The summed E-state index contributed by atoms with van der Waals surface area (Å²) in [7, 11) is 0. The number of benzene rings is 1. The van der Waals surface area contributed by atoms with E-state index in [0.717, 1.165) is 18.7 Å². The summed E-state index contributed by atoms with van der Waals surface area (Å²) in [6.45, 7) is 6.43. The minimum absolute atomic E-state index is 0.0274. The van der Waals surface area contributed by atoms with E-state index in [0.29, 0.717) is 6.42 Å². The SMILES string of the molecule is CC(C)(C(Cc1ccc(F)c(F)c1)NN)N1CCCCC1. The van der Waals surface area contributed by atoms with E-state index < -0.39 is 11.6 Å². The third-order valence-corrected chi connectivity index (χ3v) is 4.65. The number of hydrogen-bond acceptors (Lipinski definition) is 3. The average Bonchev–Trinajstić information content (AvgIpc) is 2.49. The number of piperidine rings is 1. The van der Waals surface area contributed by atoms with Gasteiger partial charge in [-0.15, -0.1) is 0 Å². The first-order chi connectivity index (χ1) is 9.95. The van der Waals surface area contributed by atoms with E-state index >= 15 is 0 Å². The maximum Gasteiger partial charge on any atom is 0.159 e. The van der Waals surface area contributed by atoms with E-state index in [2.05, 4.69) is 24.2 Å². The molecule has 2 rings (SSSR count). The minimum Gasteiger partial charge on any atom is -0.297 e. The molecule has 21 heavy (non-hydrogen) atoms. The third kappa shape index (κ3) is 3.78. The van der Waals surface area contributed by atoms with Crippen LogP contribution in [-0.2, 0) is 6.42 Å². The van der Waals surface area contributed by atoms with Crippen LogP contribution in [0.25, 0.3) is 0 Å². The molecule has 0 bridgehead atoms. The van der Waals surface area contributed by atoms with E-state index in [1.54, 1.807) is 6.07 Å². The molecule has 3 nitrogen and oxygen atoms in total. The van der Waals surface area contributed by atoms with E-state index in [9.17, 15) is 8.78 Å². The summed E-state index contributed by atoms with van der Waals surface area (Å²) in [6.07, 6.45) is 4.24. The molecule has 0 saturated carbocycles. The van der Waals surface area contributed by atoms with Crippen molar-refractivity contribution in [3.8, 4) is 0 Å². The Labute approximate surface area is 125 Å². The van der Waals surface area contributed by atoms with Gasteiger partial charge in [-0.2, -0.15) is 0 Å². The predicted molar refractivity (Wildman–Crippen MR) is 80.7 cm³/mol. The molecular weight excluding hydrogens is 272 g/mol. The molecule has 1 unspecified atom stereocenters. The fraction of sp³-hybridized carbons (Fsp3) is 0.625. The van der Waals surface area contributed by atoms with Gasteiger partial charge < -0.3 is 0 Å². The number of rotatable bonds is 5. The zero-order valence-electron chi connectivity index (χ0n) is 12.8. The van der Waals surface area contributed by atoms with Crippen LogP contribution in [0.2, 0.25) is 0 Å². The second kappa shape index (κ2) is 6.81. The third-order valence-electron chi connectivity index (χ3n) is 4.65. The molecule has 0 aliphatic carbocycles. The molecule has 3 N–H and O–H groups in total. The lowest BCUT2D eigenvalue weighted by Gasteiger charge is -2.45. The molecule has 1 heterocycles. The van der Waals surface area contributed by atoms with Crippen molar-refractivity contribution >= 4 is 0 Å². The predicted octanol–water partition coefficient (Wildman–Crippen LogP) is 2.60. The molecule has 0 spiro atoms. The molecule has 1 aromatic rings. The smallest absolute Gasteiger partial charge is 0.159 e. The van der Waals surface area contributed by atoms with Crippen molar-refractivity contribution in [1.82, 2.24) is 10.3 Å². The zero-order chi connectivity index (χ0) is 15.5. The van der Waals surface area contributed by atoms with Crippen molar-refractivity contribution in [3.63, 3.8) is 0 Å². The average molecular weight is 297 g/mol. The number of hydrazine groups is 1. The van der Waals surface area contributed by atoms with Gasteiger partial charge >= 0.3 is 0 Å². The van der Waals surface area contributed by atoms with Crippen molar-refractivity contribution in [2.45, 2.75) is 51.1 Å². The van der Waals surface area contributed by atoms with Gasteiger partial charge in [-0.3, -0.25) is 16.2 Å². The van der Waals surface area contributed by atoms with Crippen LogP contribution in [0.15, 0.2) is 18.2 Å². The van der Waals surface area contributed by atoms with Crippen molar-refractivity contribution in [2.24, 2.45) is 5.84 Å². The lowest BCUT2D eigenvalue weighted by molar-refractivity contribution is 0.0611. The van der Waals surface area contributed by atoms with Crippen LogP contribution in [0.4, 0.5) is 8.78 Å². The van der Waals surface area contributed by atoms with Crippen molar-refractivity contribution < 1.29 is 8.78 Å². The lowest BCUT2D eigenvalue weighted by atomic mass is 9.86. The molecule has 5 heteroatoms. The molecule has 0 aromatic heterocycles. The maximum atomic E-state index is 13.3. The normalized spacial score (nSPS) is 18.7. The van der Waals surface area contributed by atoms with Crippen molar-refractivity contribution in [3.05, 3.63) is 35.4 Å². The summed E-state index contributed by atoms with van der Waals surface area (Å²) >= 11 is 0. The maximum absolute atomic E-state index is 13.3. The lowest BCUT2D eigenvalue weighted by Crippen LogP contribution is -2.61. The molecule has 1 fully saturated rings. The summed E-state index contributed by atoms with van der Waals surface area (Å²) in [4.78, 5) is 2.43. The van der Waals surface area contributed by atoms with Crippen LogP contribution >= 0.6 is 0 Å². The van der Waals surface area contributed by atoms with Gasteiger partial charge in [0.05, 0.1) is 0 Å². The largest absolute Gasteiger partial charge is 0.297 e. The summed E-state index contributed by atoms with van der Waals surface area (Å²) in [5.74, 6) is 4.12. The number of nitrogens with two attached hydrogens (primary N) is 1. The van der Waals surface area contributed by atoms with Crippen molar-refractivity contribution in [1.29, 1.82) is 0 Å². The van der Waals surface area contributed by atoms with E-state index in [4.69, 9.17) is 5.84 Å². The molecular formula is C16H25F2N3. The number of likely N-dealkylation sites (tertiary alicyclic amines) is 1. The second-order valence-electron chi connectivity index (χ2n) is 6.37. The summed E-state index contributed by atoms with van der Waals surface area (Å²) in [5, 5.41) is 0. The highest BCUT2D eigenvalue weighted by molar-refractivity contribution is 5.20. The molecule has 1 saturated heterocycles. The Kier molecular flexibility index (Phi) is 5.30. The Hall–Kier alpha value is -1.04. The van der Waals surface area contributed by atoms with Crippen LogP contribution in [0.3, 0.4) is 0 Å². The van der Waals surface area contributed by atoms with Crippen LogP contribution in [0, 0.1) is 11.6 Å². The fourth-order valence-electron chi connectivity index (χ4n) is 3.11. The standard InChI is InChI=1S/C16H25F2N3/c1-16(2,21-8-4-3-5-9-21)15(20-19)11-12-6-7-13(17)14(18)10-12/h6-7,10,15,20H,3-5,8-9,11,19H2,1-2H3. The Morgan fingerprint density at radius 3 is 2.43 bits per heavy atom. The van der Waals surface area contributed by atoms with Gasteiger partial charge in [-0.1, -0.05) is 12.5 Å². The van der Waals surface area contributed by atoms with E-state index in [-0.39, 0.29) is 11.6 Å². The number of halogens is 2. The van der Waals surface area contributed by atoms with Gasteiger partial charge in [0.1, 0.15) is 0 Å². The zero-order valence-corrected chi connectivity index (χ0v) is 12.8. The minimum atomic E-state index is -0.814. The van der Waals surface area contributed by atoms with Gasteiger partial charge in [-0.25, -0.2) is 8.78 Å². The molecule has 1 atom stereocenters. The fourth-order valence-corrected chi connectivity index (χ4v) is 3.11. The summed E-state index contributed by atoms with van der Waals surface area (Å²) in [6, 6.07) is 4.02. The van der Waals surface area contributed by atoms with Gasteiger partial charge in [0, 0.05) is 11.6 Å². The quantitative estimate of drug-likeness (QED) is 0.648. The van der Waals surface area contributed by atoms with E-state index in [1.807, 2.05) is 0 Å². The molecule has 0 radical (unpaired) electrons. The topological polar surface area (TPSA) is 41.3 Å². The Bertz CT molecular complexity index is 471. The van der Waals surface area contributed by atoms with Gasteiger partial charge in [0.15, 0.2) is 11.6 Å². The highest BCUT2D eigenvalue weighted by Gasteiger charge is 2.35. The first-order valence-electron chi connectivity index (χ1n) is 7.60. The molecule has 1 aliphatic heterocycles. The number of nitrogens with zero attached hydrogens (tertiary/aromatic N) is 1. The Balaban J connectivity index is 2.12. The first-order valence-corrected chi connectivity index (χ1v) is 7.60. The molecule has 118 valence electrons. The summed E-state index contributed by atoms with van der Waals surface area (Å²) in [5.41, 5.74) is 3.48. The van der Waals surface area contributed by atoms with Gasteiger partial charge in [0.2, 0.25) is 0 Å². The Morgan fingerprint density at radius 1 is 1.19 bits per heavy atom. The Morgan fingerprint density at radius 2 is 1.86 bits per heavy atom. The van der Waals surface area contributed by atoms with Crippen LogP contribution in [0.5, 0.6) is 0 Å². The second-order valence-corrected chi connectivity index (χ2v) is 6.37. The highest BCUT2D eigenvalue weighted by Crippen LogP contribution is 2.26. The molecule has 1 aliphatic rings. The van der Waals surface area contributed by atoms with Gasteiger partial charge in [-0.05, 0) is 63.9 Å². The van der Waals surface area contributed by atoms with Crippen LogP contribution in [0.1, 0.15) is 38.7 Å². The van der Waals surface area contributed by atoms with Crippen molar-refractivity contribution in [2.75, 3.05) is 13.1 Å². The number of nitrogens with one attached hydrogen (secondary N) is 1. The van der Waals surface area contributed by atoms with Gasteiger partial charge in [0.25, 0.3) is 0 Å². The first kappa shape index (κ1) is 16.3. The highest BCUT2D eigenvalue weighted by atomic mass is 19.2. The molecule has 1 aromatic carbocycles. The summed E-state index contributed by atoms with van der Waals surface area (Å²) < 4.78 is 26.4. The number of hydrogen-bond donors (Lipinski definition) is 2. The van der Waals surface area contributed by atoms with Crippen LogP contribution in [-0.4, -0.2) is 29.6 Å². The van der Waals surface area contributed by atoms with E-state index in [1.165, 1.54) is 31.4 Å². The molecule has 0 amide bonds. The monoisotopic (exact) mass is 297 g/mol.